The molecule has 0 bridgehead atoms. The molecule has 1 aliphatic heterocycles. The number of benzene rings is 1. The van der Waals surface area contributed by atoms with Crippen molar-refractivity contribution in [3.8, 4) is 0 Å². The molecule has 0 saturated carbocycles. The first kappa shape index (κ1) is 13.2. The normalized spacial score (nSPS) is 15.5. The van der Waals surface area contributed by atoms with E-state index < -0.39 is 0 Å². The van der Waals surface area contributed by atoms with E-state index in [4.69, 9.17) is 23.2 Å². The summed E-state index contributed by atoms with van der Waals surface area (Å²) in [5.74, 6) is -0.430. The van der Waals surface area contributed by atoms with Crippen molar-refractivity contribution in [2.45, 2.75) is 6.92 Å². The lowest BCUT2D eigenvalue weighted by atomic mass is 10.1. The molecule has 18 heavy (non-hydrogen) atoms. The number of hydrogen-bond donors (Lipinski definition) is 1. The minimum absolute atomic E-state index is 0.0562. The molecule has 0 radical (unpaired) electrons. The molecular formula is C12H12Cl2N2O2. The highest BCUT2D eigenvalue weighted by atomic mass is 35.5. The Bertz CT molecular complexity index is 517. The van der Waals surface area contributed by atoms with E-state index in [1.54, 1.807) is 12.1 Å². The van der Waals surface area contributed by atoms with Crippen LogP contribution in [0.1, 0.15) is 15.9 Å². The first-order chi connectivity index (χ1) is 8.50. The van der Waals surface area contributed by atoms with Crippen LogP contribution in [0.25, 0.3) is 0 Å². The molecular weight excluding hydrogens is 275 g/mol. The van der Waals surface area contributed by atoms with Gasteiger partial charge in [0.2, 0.25) is 5.91 Å². The second-order valence-corrected chi connectivity index (χ2v) is 4.89. The van der Waals surface area contributed by atoms with E-state index in [1.165, 1.54) is 4.90 Å². The van der Waals surface area contributed by atoms with E-state index in [0.29, 0.717) is 23.7 Å². The topological polar surface area (TPSA) is 49.4 Å². The fourth-order valence-corrected chi connectivity index (χ4v) is 2.25. The van der Waals surface area contributed by atoms with Crippen LogP contribution in [0.4, 0.5) is 0 Å². The highest BCUT2D eigenvalue weighted by Crippen LogP contribution is 2.29. The Morgan fingerprint density at radius 2 is 2.06 bits per heavy atom. The quantitative estimate of drug-likeness (QED) is 0.857. The second kappa shape index (κ2) is 5.16. The van der Waals surface area contributed by atoms with Crippen molar-refractivity contribution in [1.29, 1.82) is 0 Å². The van der Waals surface area contributed by atoms with Gasteiger partial charge in [-0.3, -0.25) is 9.59 Å². The predicted molar refractivity (Wildman–Crippen MR) is 70.1 cm³/mol. The molecule has 1 aromatic carbocycles. The summed E-state index contributed by atoms with van der Waals surface area (Å²) in [6.45, 7) is 2.81. The second-order valence-electron chi connectivity index (χ2n) is 4.13. The maximum atomic E-state index is 12.2. The Kier molecular flexibility index (Phi) is 3.78. The Morgan fingerprint density at radius 3 is 2.72 bits per heavy atom. The molecule has 96 valence electrons. The molecule has 4 nitrogen and oxygen atoms in total. The number of nitrogens with one attached hydrogen (secondary N) is 1. The molecule has 0 atom stereocenters. The zero-order valence-electron chi connectivity index (χ0n) is 9.80. The van der Waals surface area contributed by atoms with E-state index in [2.05, 4.69) is 5.32 Å². The average molecular weight is 287 g/mol. The van der Waals surface area contributed by atoms with Gasteiger partial charge in [0, 0.05) is 13.1 Å². The molecule has 1 N–H and O–H groups in total. The number of carbonyl (C=O) groups excluding carboxylic acids is 2. The third-order valence-corrected chi connectivity index (χ3v) is 3.81. The molecule has 0 unspecified atom stereocenters. The number of hydrogen-bond acceptors (Lipinski definition) is 2. The highest BCUT2D eigenvalue weighted by Gasteiger charge is 2.24. The molecule has 0 spiro atoms. The summed E-state index contributed by atoms with van der Waals surface area (Å²) in [6.07, 6.45) is 0. The number of carbonyl (C=O) groups is 2. The minimum Gasteiger partial charge on any atom is -0.353 e. The fraction of sp³-hybridized carbons (Fsp3) is 0.333. The van der Waals surface area contributed by atoms with Crippen molar-refractivity contribution in [3.63, 3.8) is 0 Å². The molecule has 1 heterocycles. The van der Waals surface area contributed by atoms with Crippen LogP contribution in [0.15, 0.2) is 12.1 Å². The summed E-state index contributed by atoms with van der Waals surface area (Å²) in [5, 5.41) is 3.28. The van der Waals surface area contributed by atoms with Gasteiger partial charge < -0.3 is 10.2 Å². The van der Waals surface area contributed by atoms with Crippen LogP contribution in [0.5, 0.6) is 0 Å². The minimum atomic E-state index is -0.267. The largest absolute Gasteiger partial charge is 0.353 e. The smallest absolute Gasteiger partial charge is 0.255 e. The van der Waals surface area contributed by atoms with E-state index >= 15 is 0 Å². The Labute approximate surface area is 115 Å². The van der Waals surface area contributed by atoms with Gasteiger partial charge in [0.25, 0.3) is 5.91 Å². The fourth-order valence-electron chi connectivity index (χ4n) is 1.79. The van der Waals surface area contributed by atoms with Crippen molar-refractivity contribution < 1.29 is 9.59 Å². The van der Waals surface area contributed by atoms with E-state index in [9.17, 15) is 9.59 Å². The monoisotopic (exact) mass is 286 g/mol. The summed E-state index contributed by atoms with van der Waals surface area (Å²) >= 11 is 12.1. The molecule has 1 fully saturated rings. The van der Waals surface area contributed by atoms with E-state index in [0.717, 1.165) is 5.56 Å². The van der Waals surface area contributed by atoms with Gasteiger partial charge in [0.15, 0.2) is 0 Å². The standard InChI is InChI=1S/C12H12Cl2N2O2/c1-7-2-3-8(11(14)10(7)13)12(18)16-5-4-15-9(17)6-16/h2-3H,4-6H2,1H3,(H,15,17). The van der Waals surface area contributed by atoms with Crippen LogP contribution in [0.2, 0.25) is 10.0 Å². The van der Waals surface area contributed by atoms with Gasteiger partial charge in [0.05, 0.1) is 22.2 Å². The number of piperazine rings is 1. The summed E-state index contributed by atoms with van der Waals surface area (Å²) < 4.78 is 0. The lowest BCUT2D eigenvalue weighted by molar-refractivity contribution is -0.123. The molecule has 2 rings (SSSR count). The lowest BCUT2D eigenvalue weighted by Crippen LogP contribution is -2.50. The number of amides is 2. The van der Waals surface area contributed by atoms with E-state index in [-0.39, 0.29) is 23.4 Å². The first-order valence-electron chi connectivity index (χ1n) is 5.51. The number of aryl methyl sites for hydroxylation is 1. The van der Waals surface area contributed by atoms with E-state index in [1.807, 2.05) is 6.92 Å². The molecule has 0 aromatic heterocycles. The van der Waals surface area contributed by atoms with Gasteiger partial charge in [-0.2, -0.15) is 0 Å². The van der Waals surface area contributed by atoms with Gasteiger partial charge in [-0.1, -0.05) is 29.3 Å². The summed E-state index contributed by atoms with van der Waals surface area (Å²) in [5.41, 5.74) is 1.15. The Morgan fingerprint density at radius 1 is 1.33 bits per heavy atom. The van der Waals surface area contributed by atoms with Crippen molar-refractivity contribution in [1.82, 2.24) is 10.2 Å². The van der Waals surface area contributed by atoms with Crippen LogP contribution in [0, 0.1) is 6.92 Å². The van der Waals surface area contributed by atoms with Gasteiger partial charge in [-0.15, -0.1) is 0 Å². The lowest BCUT2D eigenvalue weighted by Gasteiger charge is -2.27. The molecule has 0 aliphatic carbocycles. The van der Waals surface area contributed by atoms with Crippen LogP contribution in [-0.4, -0.2) is 36.3 Å². The molecule has 1 aromatic rings. The maximum Gasteiger partial charge on any atom is 0.255 e. The molecule has 1 aliphatic rings. The third kappa shape index (κ3) is 2.44. The zero-order valence-corrected chi connectivity index (χ0v) is 11.3. The summed E-state index contributed by atoms with van der Waals surface area (Å²) in [4.78, 5) is 24.9. The Balaban J connectivity index is 2.29. The van der Waals surface area contributed by atoms with Crippen molar-refractivity contribution in [2.24, 2.45) is 0 Å². The van der Waals surface area contributed by atoms with Gasteiger partial charge in [0.1, 0.15) is 0 Å². The molecule has 2 amide bonds. The summed E-state index contributed by atoms with van der Waals surface area (Å²) in [6, 6.07) is 3.38. The molecule has 6 heteroatoms. The van der Waals surface area contributed by atoms with Crippen LogP contribution >= 0.6 is 23.2 Å². The van der Waals surface area contributed by atoms with Gasteiger partial charge in [-0.05, 0) is 18.6 Å². The molecule has 1 saturated heterocycles. The highest BCUT2D eigenvalue weighted by molar-refractivity contribution is 6.44. The zero-order chi connectivity index (χ0) is 13.3. The Hall–Kier alpha value is -1.26. The summed E-state index contributed by atoms with van der Waals surface area (Å²) in [7, 11) is 0. The first-order valence-corrected chi connectivity index (χ1v) is 6.27. The van der Waals surface area contributed by atoms with Crippen molar-refractivity contribution in [2.75, 3.05) is 19.6 Å². The van der Waals surface area contributed by atoms with Gasteiger partial charge >= 0.3 is 0 Å². The van der Waals surface area contributed by atoms with Crippen molar-refractivity contribution >= 4 is 35.0 Å². The SMILES string of the molecule is Cc1ccc(C(=O)N2CCNC(=O)C2)c(Cl)c1Cl. The number of nitrogens with zero attached hydrogens (tertiary/aromatic N) is 1. The van der Waals surface area contributed by atoms with Crippen molar-refractivity contribution in [3.05, 3.63) is 33.3 Å². The maximum absolute atomic E-state index is 12.2. The van der Waals surface area contributed by atoms with Gasteiger partial charge in [-0.25, -0.2) is 0 Å². The number of rotatable bonds is 1. The number of halogens is 2. The van der Waals surface area contributed by atoms with Crippen LogP contribution in [0.3, 0.4) is 0 Å². The third-order valence-electron chi connectivity index (χ3n) is 2.83. The van der Waals surface area contributed by atoms with Crippen LogP contribution in [-0.2, 0) is 4.79 Å². The predicted octanol–water partition coefficient (Wildman–Crippen LogP) is 1.87. The van der Waals surface area contributed by atoms with Crippen LogP contribution < -0.4 is 5.32 Å². The average Bonchev–Trinajstić information content (AvgIpc) is 2.35.